The van der Waals surface area contributed by atoms with Gasteiger partial charge in [0.2, 0.25) is 0 Å². The average Bonchev–Trinajstić information content (AvgIpc) is 3.27. The highest BCUT2D eigenvalue weighted by Crippen LogP contribution is 2.41. The van der Waals surface area contributed by atoms with Crippen LogP contribution < -0.4 is 10.6 Å². The molecule has 1 aliphatic carbocycles. The molecule has 144 valence electrons. The number of imidazole rings is 1. The highest BCUT2D eigenvalue weighted by atomic mass is 127. The number of nitrogens with one attached hydrogen (secondary N) is 2. The molecule has 1 aromatic heterocycles. The number of aliphatic imine (C=N–C) groups is 1. The number of ether oxygens (including phenoxy) is 1. The topological polar surface area (TPSA) is 63.5 Å². The van der Waals surface area contributed by atoms with Crippen LogP contribution in [-0.2, 0) is 11.3 Å². The van der Waals surface area contributed by atoms with Gasteiger partial charge in [-0.25, -0.2) is 4.98 Å². The lowest BCUT2D eigenvalue weighted by Crippen LogP contribution is -2.39. The van der Waals surface area contributed by atoms with Crippen LogP contribution in [0.2, 0.25) is 0 Å². The number of aryl methyl sites for hydroxylation is 1. The Morgan fingerprint density at radius 2 is 2.12 bits per heavy atom. The summed E-state index contributed by atoms with van der Waals surface area (Å²) >= 11 is 0. The van der Waals surface area contributed by atoms with Gasteiger partial charge < -0.3 is 19.9 Å². The SMILES string of the molecule is CCNC(=NCC1(CCOC)CCCC1)NCCCn1ccnc1.I. The molecule has 6 nitrogen and oxygen atoms in total. The number of hydrogen-bond donors (Lipinski definition) is 2. The maximum absolute atomic E-state index is 5.31. The van der Waals surface area contributed by atoms with E-state index in [0.29, 0.717) is 5.41 Å². The van der Waals surface area contributed by atoms with E-state index in [2.05, 4.69) is 27.1 Å². The Morgan fingerprint density at radius 1 is 1.32 bits per heavy atom. The van der Waals surface area contributed by atoms with Crippen LogP contribution in [0.1, 0.15) is 45.4 Å². The summed E-state index contributed by atoms with van der Waals surface area (Å²) in [5.74, 6) is 0.937. The van der Waals surface area contributed by atoms with Crippen LogP contribution >= 0.6 is 24.0 Å². The van der Waals surface area contributed by atoms with Crippen molar-refractivity contribution in [3.8, 4) is 0 Å². The molecule has 0 amide bonds. The lowest BCUT2D eigenvalue weighted by molar-refractivity contribution is 0.141. The summed E-state index contributed by atoms with van der Waals surface area (Å²) in [5.41, 5.74) is 0.342. The van der Waals surface area contributed by atoms with Crippen LogP contribution in [-0.4, -0.2) is 48.9 Å². The van der Waals surface area contributed by atoms with E-state index < -0.39 is 0 Å². The highest BCUT2D eigenvalue weighted by molar-refractivity contribution is 14.0. The minimum Gasteiger partial charge on any atom is -0.385 e. The van der Waals surface area contributed by atoms with Crippen molar-refractivity contribution in [3.63, 3.8) is 0 Å². The first kappa shape index (κ1) is 22.2. The van der Waals surface area contributed by atoms with Crippen LogP contribution in [0.4, 0.5) is 0 Å². The van der Waals surface area contributed by atoms with Crippen LogP contribution in [0.5, 0.6) is 0 Å². The van der Waals surface area contributed by atoms with Crippen molar-refractivity contribution < 1.29 is 4.74 Å². The summed E-state index contributed by atoms with van der Waals surface area (Å²) in [6.07, 6.45) is 13.1. The Kier molecular flexibility index (Phi) is 11.1. The minimum atomic E-state index is 0. The van der Waals surface area contributed by atoms with E-state index in [9.17, 15) is 0 Å². The molecule has 0 bridgehead atoms. The molecule has 0 saturated heterocycles. The molecule has 0 unspecified atom stereocenters. The van der Waals surface area contributed by atoms with Gasteiger partial charge in [-0.15, -0.1) is 24.0 Å². The van der Waals surface area contributed by atoms with E-state index in [1.54, 1.807) is 7.11 Å². The number of methoxy groups -OCH3 is 1. The van der Waals surface area contributed by atoms with Crippen molar-refractivity contribution in [2.45, 2.75) is 52.0 Å². The van der Waals surface area contributed by atoms with Crippen molar-refractivity contribution in [1.82, 2.24) is 20.2 Å². The number of nitrogens with zero attached hydrogens (tertiary/aromatic N) is 3. The van der Waals surface area contributed by atoms with Gasteiger partial charge in [0, 0.05) is 52.3 Å². The number of hydrogen-bond acceptors (Lipinski definition) is 3. The Balaban J connectivity index is 0.00000312. The maximum Gasteiger partial charge on any atom is 0.191 e. The second kappa shape index (κ2) is 12.5. The summed E-state index contributed by atoms with van der Waals surface area (Å²) in [7, 11) is 1.79. The Bertz CT molecular complexity index is 472. The molecule has 1 aromatic rings. The van der Waals surface area contributed by atoms with Gasteiger partial charge in [0.15, 0.2) is 5.96 Å². The fraction of sp³-hybridized carbons (Fsp3) is 0.778. The number of aromatic nitrogens is 2. The van der Waals surface area contributed by atoms with E-state index in [1.807, 2.05) is 18.7 Å². The van der Waals surface area contributed by atoms with Crippen LogP contribution in [0.3, 0.4) is 0 Å². The fourth-order valence-electron chi connectivity index (χ4n) is 3.41. The first-order valence-electron chi connectivity index (χ1n) is 9.25. The number of rotatable bonds is 10. The molecule has 0 radical (unpaired) electrons. The van der Waals surface area contributed by atoms with E-state index in [4.69, 9.17) is 9.73 Å². The van der Waals surface area contributed by atoms with Crippen molar-refractivity contribution in [3.05, 3.63) is 18.7 Å². The van der Waals surface area contributed by atoms with Gasteiger partial charge in [0.05, 0.1) is 6.33 Å². The molecule has 2 N–H and O–H groups in total. The van der Waals surface area contributed by atoms with Gasteiger partial charge in [-0.3, -0.25) is 4.99 Å². The largest absolute Gasteiger partial charge is 0.385 e. The standard InChI is InChI=1S/C18H33N5O.HI/c1-3-20-17(21-10-6-12-23-13-11-19-16-23)22-15-18(9-14-24-2)7-4-5-8-18;/h11,13,16H,3-10,12,14-15H2,1-2H3,(H2,20,21,22);1H. The second-order valence-corrected chi connectivity index (χ2v) is 6.73. The Hall–Kier alpha value is -0.830. The molecule has 1 aliphatic rings. The zero-order valence-corrected chi connectivity index (χ0v) is 18.0. The lowest BCUT2D eigenvalue weighted by atomic mass is 9.83. The molecule has 1 saturated carbocycles. The molecule has 0 aromatic carbocycles. The van der Waals surface area contributed by atoms with E-state index in [-0.39, 0.29) is 24.0 Å². The van der Waals surface area contributed by atoms with Crippen LogP contribution in [0, 0.1) is 5.41 Å². The van der Waals surface area contributed by atoms with E-state index in [0.717, 1.165) is 51.6 Å². The molecule has 1 heterocycles. The van der Waals surface area contributed by atoms with Crippen molar-refractivity contribution >= 4 is 29.9 Å². The normalized spacial score (nSPS) is 16.5. The van der Waals surface area contributed by atoms with Crippen LogP contribution in [0.15, 0.2) is 23.7 Å². The Labute approximate surface area is 169 Å². The third-order valence-electron chi connectivity index (χ3n) is 4.86. The number of guanidine groups is 1. The minimum absolute atomic E-state index is 0. The first-order valence-corrected chi connectivity index (χ1v) is 9.25. The molecule has 0 aliphatic heterocycles. The molecular weight excluding hydrogens is 429 g/mol. The predicted octanol–water partition coefficient (Wildman–Crippen LogP) is 3.04. The van der Waals surface area contributed by atoms with Crippen LogP contribution in [0.25, 0.3) is 0 Å². The van der Waals surface area contributed by atoms with Gasteiger partial charge in [-0.1, -0.05) is 12.8 Å². The summed E-state index contributed by atoms with van der Waals surface area (Å²) in [5, 5.41) is 6.82. The number of halogens is 1. The highest BCUT2D eigenvalue weighted by Gasteiger charge is 2.33. The third-order valence-corrected chi connectivity index (χ3v) is 4.86. The molecular formula is C18H34IN5O. The van der Waals surface area contributed by atoms with Gasteiger partial charge in [-0.05, 0) is 38.0 Å². The summed E-state index contributed by atoms with van der Waals surface area (Å²) in [4.78, 5) is 8.94. The van der Waals surface area contributed by atoms with Crippen molar-refractivity contribution in [1.29, 1.82) is 0 Å². The summed E-state index contributed by atoms with van der Waals surface area (Å²) in [6.45, 7) is 6.62. The van der Waals surface area contributed by atoms with Gasteiger partial charge in [0.1, 0.15) is 0 Å². The molecule has 7 heteroatoms. The second-order valence-electron chi connectivity index (χ2n) is 6.73. The Morgan fingerprint density at radius 3 is 2.76 bits per heavy atom. The summed E-state index contributed by atoms with van der Waals surface area (Å²) < 4.78 is 7.41. The average molecular weight is 463 g/mol. The fourth-order valence-corrected chi connectivity index (χ4v) is 3.41. The summed E-state index contributed by atoms with van der Waals surface area (Å²) in [6, 6.07) is 0. The van der Waals surface area contributed by atoms with E-state index >= 15 is 0 Å². The maximum atomic E-state index is 5.31. The zero-order chi connectivity index (χ0) is 17.1. The van der Waals surface area contributed by atoms with Gasteiger partial charge in [-0.2, -0.15) is 0 Å². The third kappa shape index (κ3) is 7.94. The molecule has 2 rings (SSSR count). The first-order chi connectivity index (χ1) is 11.8. The zero-order valence-electron chi connectivity index (χ0n) is 15.7. The smallest absolute Gasteiger partial charge is 0.191 e. The molecule has 1 fully saturated rings. The molecule has 0 atom stereocenters. The quantitative estimate of drug-likeness (QED) is 0.242. The van der Waals surface area contributed by atoms with E-state index in [1.165, 1.54) is 25.7 Å². The predicted molar refractivity (Wildman–Crippen MR) is 114 cm³/mol. The van der Waals surface area contributed by atoms with Gasteiger partial charge in [0.25, 0.3) is 0 Å². The molecule has 25 heavy (non-hydrogen) atoms. The monoisotopic (exact) mass is 463 g/mol. The lowest BCUT2D eigenvalue weighted by Gasteiger charge is -2.27. The molecule has 0 spiro atoms. The van der Waals surface area contributed by atoms with Crippen molar-refractivity contribution in [2.24, 2.45) is 10.4 Å². The van der Waals surface area contributed by atoms with Gasteiger partial charge >= 0.3 is 0 Å². The van der Waals surface area contributed by atoms with Crippen molar-refractivity contribution in [2.75, 3.05) is 33.4 Å².